The van der Waals surface area contributed by atoms with Crippen LogP contribution in [0.1, 0.15) is 24.1 Å². The van der Waals surface area contributed by atoms with Gasteiger partial charge in [0.1, 0.15) is 0 Å². The molecule has 0 bridgehead atoms. The third-order valence-corrected chi connectivity index (χ3v) is 4.45. The second kappa shape index (κ2) is 7.46. The van der Waals surface area contributed by atoms with Crippen LogP contribution < -0.4 is 5.32 Å². The molecular formula is C19H21N3O3. The van der Waals surface area contributed by atoms with Gasteiger partial charge in [-0.25, -0.2) is 0 Å². The number of benzene rings is 2. The molecule has 0 amide bonds. The quantitative estimate of drug-likeness (QED) is 0.455. The van der Waals surface area contributed by atoms with E-state index in [0.29, 0.717) is 6.42 Å². The number of rotatable bonds is 7. The second-order valence-electron chi connectivity index (χ2n) is 6.18. The largest absolute Gasteiger partial charge is 0.395 e. The van der Waals surface area contributed by atoms with Crippen molar-refractivity contribution in [3.8, 4) is 0 Å². The van der Waals surface area contributed by atoms with Crippen LogP contribution in [0.15, 0.2) is 54.7 Å². The van der Waals surface area contributed by atoms with Crippen molar-refractivity contribution in [1.29, 1.82) is 0 Å². The Morgan fingerprint density at radius 1 is 1.20 bits per heavy atom. The average Bonchev–Trinajstić information content (AvgIpc) is 3.04. The minimum absolute atomic E-state index is 0.0107. The number of aromatic amines is 1. The Morgan fingerprint density at radius 3 is 2.60 bits per heavy atom. The number of nitro groups is 1. The van der Waals surface area contributed by atoms with Gasteiger partial charge in [0, 0.05) is 41.3 Å². The summed E-state index contributed by atoms with van der Waals surface area (Å²) in [5.74, 6) is 0. The summed E-state index contributed by atoms with van der Waals surface area (Å²) in [7, 11) is 0. The topological polar surface area (TPSA) is 91.2 Å². The molecule has 3 rings (SSSR count). The van der Waals surface area contributed by atoms with Crippen LogP contribution in [0.4, 0.5) is 5.69 Å². The predicted molar refractivity (Wildman–Crippen MR) is 97.5 cm³/mol. The molecule has 3 N–H and O–H groups in total. The van der Waals surface area contributed by atoms with Gasteiger partial charge in [-0.3, -0.25) is 10.1 Å². The number of nitrogens with one attached hydrogen (secondary N) is 2. The van der Waals surface area contributed by atoms with Crippen LogP contribution in [0, 0.1) is 10.1 Å². The van der Waals surface area contributed by atoms with E-state index in [-0.39, 0.29) is 24.4 Å². The molecule has 0 radical (unpaired) electrons. The summed E-state index contributed by atoms with van der Waals surface area (Å²) >= 11 is 0. The lowest BCUT2D eigenvalue weighted by atomic mass is 10.0. The van der Waals surface area contributed by atoms with Crippen LogP contribution in [0.25, 0.3) is 10.9 Å². The van der Waals surface area contributed by atoms with Crippen LogP contribution in [0.5, 0.6) is 0 Å². The smallest absolute Gasteiger partial charge is 0.269 e. The summed E-state index contributed by atoms with van der Waals surface area (Å²) in [5.41, 5.74) is 3.26. The maximum absolute atomic E-state index is 10.7. The number of hydrogen-bond donors (Lipinski definition) is 3. The number of nitro benzene ring substituents is 1. The molecule has 3 aromatic rings. The third-order valence-electron chi connectivity index (χ3n) is 4.45. The van der Waals surface area contributed by atoms with Crippen molar-refractivity contribution in [2.24, 2.45) is 0 Å². The second-order valence-corrected chi connectivity index (χ2v) is 6.18. The molecule has 0 unspecified atom stereocenters. The Morgan fingerprint density at radius 2 is 1.92 bits per heavy atom. The summed E-state index contributed by atoms with van der Waals surface area (Å²) in [5, 5.41) is 25.1. The number of H-pyrrole nitrogens is 1. The van der Waals surface area contributed by atoms with E-state index in [2.05, 4.69) is 16.4 Å². The number of aliphatic hydroxyl groups excluding tert-OH is 1. The number of fused-ring (bicyclic) bond motifs is 1. The lowest BCUT2D eigenvalue weighted by Gasteiger charge is -2.22. The van der Waals surface area contributed by atoms with E-state index in [0.717, 1.165) is 22.0 Å². The van der Waals surface area contributed by atoms with Gasteiger partial charge in [0.15, 0.2) is 0 Å². The van der Waals surface area contributed by atoms with E-state index in [4.69, 9.17) is 0 Å². The minimum Gasteiger partial charge on any atom is -0.395 e. The average molecular weight is 339 g/mol. The first-order valence-electron chi connectivity index (χ1n) is 8.24. The van der Waals surface area contributed by atoms with E-state index >= 15 is 0 Å². The molecule has 6 heteroatoms. The van der Waals surface area contributed by atoms with Gasteiger partial charge in [-0.1, -0.05) is 30.3 Å². The molecule has 0 saturated carbocycles. The van der Waals surface area contributed by atoms with E-state index in [9.17, 15) is 15.2 Å². The predicted octanol–water partition coefficient (Wildman–Crippen LogP) is 3.33. The molecule has 2 atom stereocenters. The molecule has 130 valence electrons. The van der Waals surface area contributed by atoms with Crippen LogP contribution in [0.3, 0.4) is 0 Å². The Bertz CT molecular complexity index is 858. The van der Waals surface area contributed by atoms with E-state index in [1.807, 2.05) is 31.3 Å². The van der Waals surface area contributed by atoms with Gasteiger partial charge < -0.3 is 15.4 Å². The van der Waals surface area contributed by atoms with E-state index in [1.54, 1.807) is 12.1 Å². The van der Waals surface area contributed by atoms with Gasteiger partial charge >= 0.3 is 0 Å². The fourth-order valence-corrected chi connectivity index (χ4v) is 3.08. The SMILES string of the molecule is C[C@H](N[C@H](CO)Cc1c[nH]c2ccccc12)c1ccc([N+](=O)[O-])cc1. The molecule has 0 aliphatic rings. The lowest BCUT2D eigenvalue weighted by Crippen LogP contribution is -2.36. The first-order chi connectivity index (χ1) is 12.1. The monoisotopic (exact) mass is 339 g/mol. The van der Waals surface area contributed by atoms with Gasteiger partial charge in [0.05, 0.1) is 11.5 Å². The molecule has 2 aromatic carbocycles. The number of aromatic nitrogens is 1. The number of nitrogens with zero attached hydrogens (tertiary/aromatic N) is 1. The van der Waals surface area contributed by atoms with Crippen molar-refractivity contribution in [2.75, 3.05) is 6.61 Å². The van der Waals surface area contributed by atoms with Gasteiger partial charge in [0.2, 0.25) is 0 Å². The Balaban J connectivity index is 1.70. The summed E-state index contributed by atoms with van der Waals surface area (Å²) < 4.78 is 0. The molecule has 25 heavy (non-hydrogen) atoms. The highest BCUT2D eigenvalue weighted by molar-refractivity contribution is 5.83. The summed E-state index contributed by atoms with van der Waals surface area (Å²) in [6.07, 6.45) is 2.67. The van der Waals surface area contributed by atoms with Gasteiger partial charge in [0.25, 0.3) is 5.69 Å². The van der Waals surface area contributed by atoms with Crippen molar-refractivity contribution in [1.82, 2.24) is 10.3 Å². The van der Waals surface area contributed by atoms with Gasteiger partial charge in [-0.2, -0.15) is 0 Å². The third kappa shape index (κ3) is 3.87. The minimum atomic E-state index is -0.407. The van der Waals surface area contributed by atoms with Gasteiger partial charge in [-0.15, -0.1) is 0 Å². The van der Waals surface area contributed by atoms with Crippen molar-refractivity contribution < 1.29 is 10.0 Å². The van der Waals surface area contributed by atoms with Crippen LogP contribution in [0.2, 0.25) is 0 Å². The normalized spacial score (nSPS) is 13.7. The van der Waals surface area contributed by atoms with Crippen molar-refractivity contribution >= 4 is 16.6 Å². The molecule has 1 aromatic heterocycles. The Hall–Kier alpha value is -2.70. The standard InChI is InChI=1S/C19H21N3O3/c1-13(14-6-8-17(9-7-14)22(24)25)21-16(12-23)10-15-11-20-19-5-3-2-4-18(15)19/h2-9,11,13,16,20-21,23H,10,12H2,1H3/t13-,16-/m0/s1. The molecule has 6 nitrogen and oxygen atoms in total. The van der Waals surface area contributed by atoms with Crippen molar-refractivity contribution in [2.45, 2.75) is 25.4 Å². The first kappa shape index (κ1) is 17.1. The van der Waals surface area contributed by atoms with E-state index < -0.39 is 4.92 Å². The fourth-order valence-electron chi connectivity index (χ4n) is 3.08. The van der Waals surface area contributed by atoms with Crippen molar-refractivity contribution in [3.63, 3.8) is 0 Å². The number of aliphatic hydroxyl groups is 1. The maximum Gasteiger partial charge on any atom is 0.269 e. The van der Waals surface area contributed by atoms with Crippen LogP contribution in [-0.4, -0.2) is 27.7 Å². The lowest BCUT2D eigenvalue weighted by molar-refractivity contribution is -0.384. The summed E-state index contributed by atoms with van der Waals surface area (Å²) in [4.78, 5) is 13.6. The zero-order chi connectivity index (χ0) is 17.8. The van der Waals surface area contributed by atoms with Gasteiger partial charge in [-0.05, 0) is 30.5 Å². The number of hydrogen-bond acceptors (Lipinski definition) is 4. The molecule has 0 aliphatic carbocycles. The molecule has 0 fully saturated rings. The highest BCUT2D eigenvalue weighted by Crippen LogP contribution is 2.21. The van der Waals surface area contributed by atoms with E-state index in [1.165, 1.54) is 12.1 Å². The molecule has 0 saturated heterocycles. The fraction of sp³-hybridized carbons (Fsp3) is 0.263. The summed E-state index contributed by atoms with van der Waals surface area (Å²) in [6.45, 7) is 2.00. The summed E-state index contributed by atoms with van der Waals surface area (Å²) in [6, 6.07) is 14.4. The maximum atomic E-state index is 10.7. The number of non-ortho nitro benzene ring substituents is 1. The van der Waals surface area contributed by atoms with Crippen LogP contribution in [-0.2, 0) is 6.42 Å². The zero-order valence-corrected chi connectivity index (χ0v) is 14.0. The highest BCUT2D eigenvalue weighted by Gasteiger charge is 2.16. The van der Waals surface area contributed by atoms with Crippen LogP contribution >= 0.6 is 0 Å². The molecule has 0 spiro atoms. The molecule has 1 heterocycles. The zero-order valence-electron chi connectivity index (χ0n) is 14.0. The first-order valence-corrected chi connectivity index (χ1v) is 8.24. The highest BCUT2D eigenvalue weighted by atomic mass is 16.6. The Kier molecular flexibility index (Phi) is 5.11. The molecule has 0 aliphatic heterocycles. The number of para-hydroxylation sites is 1. The van der Waals surface area contributed by atoms with Crippen molar-refractivity contribution in [3.05, 3.63) is 76.0 Å². The molecular weight excluding hydrogens is 318 g/mol. The Labute approximate surface area is 145 Å².